The maximum atomic E-state index is 12.6. The van der Waals surface area contributed by atoms with Crippen LogP contribution in [0.25, 0.3) is 0 Å². The average molecular weight is 354 g/mol. The van der Waals surface area contributed by atoms with Crippen molar-refractivity contribution in [2.75, 3.05) is 10.2 Å². The molecule has 0 spiro atoms. The van der Waals surface area contributed by atoms with Crippen LogP contribution in [-0.4, -0.2) is 22.3 Å². The molecule has 1 saturated heterocycles. The van der Waals surface area contributed by atoms with E-state index in [-0.39, 0.29) is 23.5 Å². The van der Waals surface area contributed by atoms with Crippen molar-refractivity contribution in [3.8, 4) is 0 Å². The molecule has 1 aliphatic rings. The second kappa shape index (κ2) is 7.11. The van der Waals surface area contributed by atoms with Gasteiger partial charge < -0.3 is 5.32 Å². The van der Waals surface area contributed by atoms with Gasteiger partial charge in [0.1, 0.15) is 5.25 Å². The SMILES string of the molecule is Cc1ccc(NC(=O)C[C@H]2SC(=O)N(c3ccccc3C)C2=O)cc1. The second-order valence-corrected chi connectivity index (χ2v) is 7.10. The number of hydrogen-bond acceptors (Lipinski definition) is 4. The number of benzene rings is 2. The van der Waals surface area contributed by atoms with E-state index in [1.165, 1.54) is 4.90 Å². The summed E-state index contributed by atoms with van der Waals surface area (Å²) >= 11 is 0.903. The van der Waals surface area contributed by atoms with Crippen LogP contribution in [0.15, 0.2) is 48.5 Å². The van der Waals surface area contributed by atoms with Crippen molar-refractivity contribution >= 4 is 40.2 Å². The van der Waals surface area contributed by atoms with Crippen LogP contribution in [0.1, 0.15) is 17.5 Å². The number of para-hydroxylation sites is 1. The van der Waals surface area contributed by atoms with E-state index in [0.29, 0.717) is 11.4 Å². The average Bonchev–Trinajstić information content (AvgIpc) is 2.84. The lowest BCUT2D eigenvalue weighted by Crippen LogP contribution is -2.33. The minimum Gasteiger partial charge on any atom is -0.326 e. The molecule has 1 N–H and O–H groups in total. The van der Waals surface area contributed by atoms with Crippen LogP contribution in [0, 0.1) is 13.8 Å². The number of carbonyl (C=O) groups excluding carboxylic acids is 3. The van der Waals surface area contributed by atoms with E-state index in [2.05, 4.69) is 5.32 Å². The van der Waals surface area contributed by atoms with Gasteiger partial charge in [0, 0.05) is 12.1 Å². The Labute approximate surface area is 150 Å². The number of rotatable bonds is 4. The van der Waals surface area contributed by atoms with Crippen molar-refractivity contribution in [2.45, 2.75) is 25.5 Å². The first-order valence-electron chi connectivity index (χ1n) is 7.92. The molecule has 1 aliphatic heterocycles. The first kappa shape index (κ1) is 17.2. The maximum absolute atomic E-state index is 12.6. The van der Waals surface area contributed by atoms with Crippen LogP contribution in [-0.2, 0) is 9.59 Å². The van der Waals surface area contributed by atoms with Gasteiger partial charge in [-0.2, -0.15) is 0 Å². The van der Waals surface area contributed by atoms with E-state index < -0.39 is 5.25 Å². The van der Waals surface area contributed by atoms with Gasteiger partial charge in [0.05, 0.1) is 5.69 Å². The Hall–Kier alpha value is -2.60. The highest BCUT2D eigenvalue weighted by Crippen LogP contribution is 2.34. The molecule has 0 saturated carbocycles. The highest BCUT2D eigenvalue weighted by molar-refractivity contribution is 8.15. The fourth-order valence-corrected chi connectivity index (χ4v) is 3.61. The Balaban J connectivity index is 1.69. The van der Waals surface area contributed by atoms with Gasteiger partial charge in [-0.05, 0) is 49.4 Å². The van der Waals surface area contributed by atoms with Crippen LogP contribution < -0.4 is 10.2 Å². The second-order valence-electron chi connectivity index (χ2n) is 5.95. The van der Waals surface area contributed by atoms with Crippen molar-refractivity contribution < 1.29 is 14.4 Å². The largest absolute Gasteiger partial charge is 0.326 e. The molecule has 25 heavy (non-hydrogen) atoms. The van der Waals surface area contributed by atoms with Gasteiger partial charge in [-0.15, -0.1) is 0 Å². The minimum absolute atomic E-state index is 0.0362. The number of aryl methyl sites for hydroxylation is 2. The number of carbonyl (C=O) groups is 3. The molecule has 0 aliphatic carbocycles. The van der Waals surface area contributed by atoms with Crippen LogP contribution in [0.3, 0.4) is 0 Å². The molecule has 0 radical (unpaired) electrons. The van der Waals surface area contributed by atoms with E-state index in [9.17, 15) is 14.4 Å². The van der Waals surface area contributed by atoms with Crippen LogP contribution in [0.4, 0.5) is 16.2 Å². The summed E-state index contributed by atoms with van der Waals surface area (Å²) < 4.78 is 0. The summed E-state index contributed by atoms with van der Waals surface area (Å²) in [4.78, 5) is 38.2. The summed E-state index contributed by atoms with van der Waals surface area (Å²) in [5.74, 6) is -0.627. The molecule has 3 amide bonds. The Morgan fingerprint density at radius 3 is 2.44 bits per heavy atom. The monoisotopic (exact) mass is 354 g/mol. The van der Waals surface area contributed by atoms with Gasteiger partial charge in [0.2, 0.25) is 11.8 Å². The van der Waals surface area contributed by atoms with Crippen molar-refractivity contribution in [3.05, 3.63) is 59.7 Å². The molecule has 2 aromatic rings. The zero-order valence-electron chi connectivity index (χ0n) is 14.0. The highest BCUT2D eigenvalue weighted by Gasteiger charge is 2.41. The van der Waals surface area contributed by atoms with Gasteiger partial charge in [0.15, 0.2) is 0 Å². The maximum Gasteiger partial charge on any atom is 0.293 e. The van der Waals surface area contributed by atoms with E-state index in [4.69, 9.17) is 0 Å². The van der Waals surface area contributed by atoms with Crippen molar-refractivity contribution in [2.24, 2.45) is 0 Å². The predicted molar refractivity (Wildman–Crippen MR) is 99.9 cm³/mol. The topological polar surface area (TPSA) is 66.5 Å². The summed E-state index contributed by atoms with van der Waals surface area (Å²) in [6.07, 6.45) is -0.0362. The molecule has 2 aromatic carbocycles. The van der Waals surface area contributed by atoms with E-state index >= 15 is 0 Å². The standard InChI is InChI=1S/C19H18N2O3S/c1-12-7-9-14(10-8-12)20-17(22)11-16-18(23)21(19(24)25-16)15-6-4-3-5-13(15)2/h3-10,16H,11H2,1-2H3,(H,20,22)/t16-/m1/s1. The Morgan fingerprint density at radius 2 is 1.76 bits per heavy atom. The fourth-order valence-electron chi connectivity index (χ4n) is 2.64. The zero-order valence-corrected chi connectivity index (χ0v) is 14.8. The number of anilines is 2. The molecule has 0 bridgehead atoms. The summed E-state index contributed by atoms with van der Waals surface area (Å²) in [6, 6.07) is 14.6. The molecule has 1 heterocycles. The van der Waals surface area contributed by atoms with Crippen molar-refractivity contribution in [1.29, 1.82) is 0 Å². The minimum atomic E-state index is -0.697. The number of thioether (sulfide) groups is 1. The van der Waals surface area contributed by atoms with Crippen LogP contribution in [0.2, 0.25) is 0 Å². The first-order chi connectivity index (χ1) is 12.0. The number of nitrogens with zero attached hydrogens (tertiary/aromatic N) is 1. The van der Waals surface area contributed by atoms with E-state index in [1.54, 1.807) is 12.1 Å². The normalized spacial score (nSPS) is 17.0. The molecule has 128 valence electrons. The zero-order chi connectivity index (χ0) is 18.0. The molecular formula is C19H18N2O3S. The molecule has 0 unspecified atom stereocenters. The quantitative estimate of drug-likeness (QED) is 0.904. The molecule has 1 fully saturated rings. The van der Waals surface area contributed by atoms with Crippen LogP contribution in [0.5, 0.6) is 0 Å². The number of nitrogens with one attached hydrogen (secondary N) is 1. The molecule has 6 heteroatoms. The van der Waals surface area contributed by atoms with Crippen LogP contribution >= 0.6 is 11.8 Å². The summed E-state index contributed by atoms with van der Waals surface area (Å²) in [7, 11) is 0. The molecule has 3 rings (SSSR count). The summed E-state index contributed by atoms with van der Waals surface area (Å²) in [5.41, 5.74) is 3.19. The fraction of sp³-hybridized carbons (Fsp3) is 0.211. The Morgan fingerprint density at radius 1 is 1.08 bits per heavy atom. The smallest absolute Gasteiger partial charge is 0.293 e. The third-order valence-electron chi connectivity index (χ3n) is 3.98. The summed E-state index contributed by atoms with van der Waals surface area (Å²) in [5, 5.41) is 1.73. The third-order valence-corrected chi connectivity index (χ3v) is 5.02. The predicted octanol–water partition coefficient (Wildman–Crippen LogP) is 3.90. The number of hydrogen-bond donors (Lipinski definition) is 1. The lowest BCUT2D eigenvalue weighted by Gasteiger charge is -2.16. The molecule has 5 nitrogen and oxygen atoms in total. The number of imide groups is 1. The molecular weight excluding hydrogens is 336 g/mol. The summed E-state index contributed by atoms with van der Waals surface area (Å²) in [6.45, 7) is 3.81. The Bertz CT molecular complexity index is 833. The van der Waals surface area contributed by atoms with Crippen molar-refractivity contribution in [1.82, 2.24) is 0 Å². The Kier molecular flexibility index (Phi) is 4.90. The van der Waals surface area contributed by atoms with Crippen molar-refractivity contribution in [3.63, 3.8) is 0 Å². The van der Waals surface area contributed by atoms with Gasteiger partial charge in [-0.25, -0.2) is 4.90 Å². The third kappa shape index (κ3) is 3.74. The van der Waals surface area contributed by atoms with Gasteiger partial charge in [0.25, 0.3) is 5.24 Å². The highest BCUT2D eigenvalue weighted by atomic mass is 32.2. The van der Waals surface area contributed by atoms with E-state index in [1.807, 2.05) is 50.2 Å². The van der Waals surface area contributed by atoms with Gasteiger partial charge >= 0.3 is 0 Å². The van der Waals surface area contributed by atoms with Gasteiger partial charge in [-0.3, -0.25) is 14.4 Å². The van der Waals surface area contributed by atoms with Gasteiger partial charge in [-0.1, -0.05) is 35.9 Å². The first-order valence-corrected chi connectivity index (χ1v) is 8.80. The lowest BCUT2D eigenvalue weighted by atomic mass is 10.1. The molecule has 0 aromatic heterocycles. The number of amides is 3. The van der Waals surface area contributed by atoms with E-state index in [0.717, 1.165) is 22.9 Å². The lowest BCUT2D eigenvalue weighted by molar-refractivity contribution is -0.121. The molecule has 1 atom stereocenters.